The maximum atomic E-state index is 13.6. The number of piperidine rings is 1. The molecule has 0 bridgehead atoms. The van der Waals surface area contributed by atoms with Gasteiger partial charge in [0.1, 0.15) is 5.60 Å². The molecule has 3 unspecified atom stereocenters. The van der Waals surface area contributed by atoms with Gasteiger partial charge in [0.15, 0.2) is 6.10 Å². The number of hydrogen-bond acceptors (Lipinski definition) is 6. The van der Waals surface area contributed by atoms with Crippen molar-refractivity contribution < 1.29 is 23.9 Å². The first-order valence-electron chi connectivity index (χ1n) is 12.5. The number of amides is 1. The van der Waals surface area contributed by atoms with Crippen LogP contribution in [0.25, 0.3) is 0 Å². The van der Waals surface area contributed by atoms with Crippen LogP contribution in [-0.4, -0.2) is 46.0 Å². The summed E-state index contributed by atoms with van der Waals surface area (Å²) >= 11 is 0. The van der Waals surface area contributed by atoms with Crippen molar-refractivity contribution in [3.8, 4) is 0 Å². The van der Waals surface area contributed by atoms with Crippen molar-refractivity contribution in [2.45, 2.75) is 51.4 Å². The van der Waals surface area contributed by atoms with Crippen molar-refractivity contribution in [3.63, 3.8) is 0 Å². The van der Waals surface area contributed by atoms with Gasteiger partial charge in [0.2, 0.25) is 5.78 Å². The normalized spacial score (nSPS) is 18.5. The Morgan fingerprint density at radius 1 is 0.865 bits per heavy atom. The number of Topliss-reactive ketones (excluding diaryl/α,β-unsaturated/α-hetero) is 1. The summed E-state index contributed by atoms with van der Waals surface area (Å²) in [6.07, 6.45) is 2.71. The predicted octanol–water partition coefficient (Wildman–Crippen LogP) is 5.88. The quantitative estimate of drug-likeness (QED) is 0.310. The Kier molecular flexibility index (Phi) is 8.01. The monoisotopic (exact) mass is 500 g/mol. The second-order valence-electron chi connectivity index (χ2n) is 10.2. The molecule has 1 aliphatic heterocycles. The highest BCUT2D eigenvalue weighted by atomic mass is 16.6. The molecule has 0 N–H and O–H groups in total. The Morgan fingerprint density at radius 2 is 1.49 bits per heavy atom. The molecule has 3 aromatic rings. The van der Waals surface area contributed by atoms with Gasteiger partial charge >= 0.3 is 12.1 Å². The van der Waals surface area contributed by atoms with E-state index < -0.39 is 29.7 Å². The summed E-state index contributed by atoms with van der Waals surface area (Å²) in [5, 5.41) is 0. The number of rotatable bonds is 6. The number of benzene rings is 2. The largest absolute Gasteiger partial charge is 0.450 e. The van der Waals surface area contributed by atoms with Crippen molar-refractivity contribution in [1.82, 2.24) is 9.88 Å². The Balaban J connectivity index is 1.65. The van der Waals surface area contributed by atoms with Crippen LogP contribution < -0.4 is 0 Å². The van der Waals surface area contributed by atoms with Crippen LogP contribution in [0.2, 0.25) is 0 Å². The SMILES string of the molecule is CC(C)(C)OC(=O)N1CC(C(OC(=O)c2ccccc2)C(=O)c2ccncc2)CCC1c1ccccc1. The maximum absolute atomic E-state index is 13.6. The molecular weight excluding hydrogens is 468 g/mol. The summed E-state index contributed by atoms with van der Waals surface area (Å²) in [4.78, 5) is 45.7. The fourth-order valence-corrected chi connectivity index (χ4v) is 4.59. The molecule has 37 heavy (non-hydrogen) atoms. The first kappa shape index (κ1) is 26.1. The lowest BCUT2D eigenvalue weighted by Crippen LogP contribution is -2.49. The van der Waals surface area contributed by atoms with E-state index in [1.54, 1.807) is 47.4 Å². The fraction of sp³-hybridized carbons (Fsp3) is 0.333. The summed E-state index contributed by atoms with van der Waals surface area (Å²) < 4.78 is 11.6. The lowest BCUT2D eigenvalue weighted by molar-refractivity contribution is -0.0203. The van der Waals surface area contributed by atoms with Crippen LogP contribution in [0, 0.1) is 5.92 Å². The number of aromatic nitrogens is 1. The van der Waals surface area contributed by atoms with Gasteiger partial charge < -0.3 is 14.4 Å². The molecule has 4 rings (SSSR count). The smallest absolute Gasteiger partial charge is 0.410 e. The van der Waals surface area contributed by atoms with Crippen LogP contribution in [0.3, 0.4) is 0 Å². The van der Waals surface area contributed by atoms with Gasteiger partial charge in [0.25, 0.3) is 0 Å². The topological polar surface area (TPSA) is 85.8 Å². The highest BCUT2D eigenvalue weighted by molar-refractivity contribution is 6.01. The zero-order valence-electron chi connectivity index (χ0n) is 21.4. The maximum Gasteiger partial charge on any atom is 0.410 e. The minimum absolute atomic E-state index is 0.206. The Labute approximate surface area is 217 Å². The average molecular weight is 501 g/mol. The highest BCUT2D eigenvalue weighted by Crippen LogP contribution is 2.37. The third kappa shape index (κ3) is 6.61. The number of carbonyl (C=O) groups is 3. The van der Waals surface area contributed by atoms with Crippen LogP contribution >= 0.6 is 0 Å². The number of nitrogens with zero attached hydrogens (tertiary/aromatic N) is 2. The van der Waals surface area contributed by atoms with E-state index in [0.717, 1.165) is 5.56 Å². The van der Waals surface area contributed by atoms with E-state index in [2.05, 4.69) is 4.98 Å². The van der Waals surface area contributed by atoms with Gasteiger partial charge in [-0.2, -0.15) is 0 Å². The van der Waals surface area contributed by atoms with E-state index in [9.17, 15) is 14.4 Å². The lowest BCUT2D eigenvalue weighted by atomic mass is 9.83. The van der Waals surface area contributed by atoms with E-state index in [4.69, 9.17) is 9.47 Å². The molecule has 1 fully saturated rings. The lowest BCUT2D eigenvalue weighted by Gasteiger charge is -2.42. The zero-order chi connectivity index (χ0) is 26.4. The molecule has 2 aromatic carbocycles. The van der Waals surface area contributed by atoms with Crippen LogP contribution in [0.1, 0.15) is 65.9 Å². The molecule has 192 valence electrons. The molecule has 7 nitrogen and oxygen atoms in total. The first-order valence-corrected chi connectivity index (χ1v) is 12.5. The molecule has 2 heterocycles. The number of pyridine rings is 1. The van der Waals surface area contributed by atoms with E-state index in [0.29, 0.717) is 24.0 Å². The fourth-order valence-electron chi connectivity index (χ4n) is 4.59. The van der Waals surface area contributed by atoms with Crippen LogP contribution in [0.5, 0.6) is 0 Å². The Hall–Kier alpha value is -4.00. The van der Waals surface area contributed by atoms with Crippen molar-refractivity contribution >= 4 is 17.8 Å². The summed E-state index contributed by atoms with van der Waals surface area (Å²) in [5.41, 5.74) is 1.06. The summed E-state index contributed by atoms with van der Waals surface area (Å²) in [7, 11) is 0. The second-order valence-corrected chi connectivity index (χ2v) is 10.2. The minimum Gasteiger partial charge on any atom is -0.450 e. The third-order valence-electron chi connectivity index (χ3n) is 6.33. The molecule has 0 saturated carbocycles. The molecule has 1 saturated heterocycles. The van der Waals surface area contributed by atoms with Gasteiger partial charge in [-0.15, -0.1) is 0 Å². The molecule has 0 aliphatic carbocycles. The van der Waals surface area contributed by atoms with Gasteiger partial charge in [0.05, 0.1) is 11.6 Å². The van der Waals surface area contributed by atoms with Crippen LogP contribution in [0.15, 0.2) is 85.2 Å². The molecule has 1 aromatic heterocycles. The van der Waals surface area contributed by atoms with Crippen molar-refractivity contribution in [1.29, 1.82) is 0 Å². The van der Waals surface area contributed by atoms with E-state index in [-0.39, 0.29) is 18.4 Å². The standard InChI is InChI=1S/C30H32N2O5/c1-30(2,3)37-29(35)32-20-24(14-15-25(32)21-10-6-4-7-11-21)27(26(33)22-16-18-31-19-17-22)36-28(34)23-12-8-5-9-13-23/h4-13,16-19,24-25,27H,14-15,20H2,1-3H3. The van der Waals surface area contributed by atoms with E-state index in [1.165, 1.54) is 12.4 Å². The summed E-state index contributed by atoms with van der Waals surface area (Å²) in [6, 6.07) is 21.4. The van der Waals surface area contributed by atoms with Gasteiger partial charge in [0, 0.05) is 30.4 Å². The third-order valence-corrected chi connectivity index (χ3v) is 6.33. The number of likely N-dealkylation sites (tertiary alicyclic amines) is 1. The van der Waals surface area contributed by atoms with Crippen LogP contribution in [0.4, 0.5) is 4.79 Å². The molecule has 0 radical (unpaired) electrons. The zero-order valence-corrected chi connectivity index (χ0v) is 21.4. The predicted molar refractivity (Wildman–Crippen MR) is 139 cm³/mol. The van der Waals surface area contributed by atoms with Gasteiger partial charge in [-0.1, -0.05) is 48.5 Å². The number of ether oxygens (including phenoxy) is 2. The first-order chi connectivity index (χ1) is 17.7. The van der Waals surface area contributed by atoms with E-state index in [1.807, 2.05) is 51.1 Å². The molecule has 0 spiro atoms. The average Bonchev–Trinajstić information content (AvgIpc) is 2.91. The van der Waals surface area contributed by atoms with Gasteiger partial charge in [-0.05, 0) is 63.4 Å². The minimum atomic E-state index is -1.07. The van der Waals surface area contributed by atoms with Crippen molar-refractivity contribution in [3.05, 3.63) is 102 Å². The summed E-state index contributed by atoms with van der Waals surface area (Å²) in [5.74, 6) is -1.32. The Bertz CT molecular complexity index is 1210. The van der Waals surface area contributed by atoms with Crippen molar-refractivity contribution in [2.75, 3.05) is 6.54 Å². The van der Waals surface area contributed by atoms with Crippen LogP contribution in [-0.2, 0) is 9.47 Å². The Morgan fingerprint density at radius 3 is 2.11 bits per heavy atom. The molecule has 1 amide bonds. The number of esters is 1. The van der Waals surface area contributed by atoms with E-state index >= 15 is 0 Å². The molecule has 7 heteroatoms. The van der Waals surface area contributed by atoms with Gasteiger partial charge in [-0.3, -0.25) is 9.78 Å². The van der Waals surface area contributed by atoms with Crippen molar-refractivity contribution in [2.24, 2.45) is 5.92 Å². The summed E-state index contributed by atoms with van der Waals surface area (Å²) in [6.45, 7) is 5.67. The number of hydrogen-bond donors (Lipinski definition) is 0. The highest BCUT2D eigenvalue weighted by Gasteiger charge is 2.42. The number of carbonyl (C=O) groups excluding carboxylic acids is 3. The molecule has 3 atom stereocenters. The molecule has 1 aliphatic rings. The number of ketones is 1. The van der Waals surface area contributed by atoms with Gasteiger partial charge in [-0.25, -0.2) is 9.59 Å². The molecular formula is C30H32N2O5. The second kappa shape index (κ2) is 11.4.